The van der Waals surface area contributed by atoms with E-state index in [9.17, 15) is 9.59 Å². The van der Waals surface area contributed by atoms with Gasteiger partial charge in [0.2, 0.25) is 5.91 Å². The van der Waals surface area contributed by atoms with Gasteiger partial charge in [-0.05, 0) is 41.8 Å². The van der Waals surface area contributed by atoms with Gasteiger partial charge in [-0.1, -0.05) is 60.7 Å². The summed E-state index contributed by atoms with van der Waals surface area (Å²) in [6, 6.07) is 26.6. The van der Waals surface area contributed by atoms with E-state index in [0.29, 0.717) is 30.6 Å². The molecule has 0 atom stereocenters. The van der Waals surface area contributed by atoms with E-state index >= 15 is 0 Å². The highest BCUT2D eigenvalue weighted by Gasteiger charge is 2.07. The lowest BCUT2D eigenvalue weighted by atomic mass is 10.1. The van der Waals surface area contributed by atoms with E-state index in [-0.39, 0.29) is 11.8 Å². The number of carbonyl (C=O) groups is 2. The van der Waals surface area contributed by atoms with Crippen molar-refractivity contribution in [2.75, 3.05) is 5.32 Å². The van der Waals surface area contributed by atoms with Crippen LogP contribution in [0.2, 0.25) is 0 Å². The van der Waals surface area contributed by atoms with Gasteiger partial charge in [-0.15, -0.1) is 0 Å². The number of nitrogens with one attached hydrogen (secondary N) is 2. The average Bonchev–Trinajstić information content (AvgIpc) is 2.72. The van der Waals surface area contributed by atoms with Gasteiger partial charge in [0.1, 0.15) is 0 Å². The van der Waals surface area contributed by atoms with Crippen molar-refractivity contribution in [3.8, 4) is 0 Å². The second-order valence-corrected chi connectivity index (χ2v) is 6.28. The second-order valence-electron chi connectivity index (χ2n) is 6.28. The van der Waals surface area contributed by atoms with Crippen molar-refractivity contribution in [3.63, 3.8) is 0 Å². The average molecular weight is 358 g/mol. The van der Waals surface area contributed by atoms with Gasteiger partial charge in [0, 0.05) is 24.2 Å². The van der Waals surface area contributed by atoms with Crippen LogP contribution < -0.4 is 10.6 Å². The molecule has 0 aromatic heterocycles. The molecule has 3 aromatic carbocycles. The van der Waals surface area contributed by atoms with Crippen molar-refractivity contribution < 1.29 is 9.59 Å². The predicted molar refractivity (Wildman–Crippen MR) is 107 cm³/mol. The highest BCUT2D eigenvalue weighted by atomic mass is 16.2. The summed E-state index contributed by atoms with van der Waals surface area (Å²) in [5.41, 5.74) is 3.44. The first-order chi connectivity index (χ1) is 13.2. The van der Waals surface area contributed by atoms with Crippen LogP contribution in [0.3, 0.4) is 0 Å². The molecule has 136 valence electrons. The van der Waals surface area contributed by atoms with E-state index < -0.39 is 0 Å². The third kappa shape index (κ3) is 5.82. The van der Waals surface area contributed by atoms with Crippen LogP contribution in [0, 0.1) is 0 Å². The number of aryl methyl sites for hydroxylation is 1. The Hall–Kier alpha value is -3.40. The van der Waals surface area contributed by atoms with E-state index in [1.807, 2.05) is 60.7 Å². The Bertz CT molecular complexity index is 875. The summed E-state index contributed by atoms with van der Waals surface area (Å²) >= 11 is 0. The standard InChI is InChI=1S/C23H22N2O2/c26-22(16-11-18-7-3-1-4-8-18)25-21-14-12-20(13-15-21)23(27)24-17-19-9-5-2-6-10-19/h1-10,12-15H,11,16-17H2,(H,24,27)(H,25,26). The molecular formula is C23H22N2O2. The normalized spacial score (nSPS) is 10.2. The molecule has 2 N–H and O–H groups in total. The van der Waals surface area contributed by atoms with Crippen molar-refractivity contribution in [3.05, 3.63) is 102 Å². The van der Waals surface area contributed by atoms with E-state index in [1.165, 1.54) is 0 Å². The van der Waals surface area contributed by atoms with Crippen LogP contribution in [-0.4, -0.2) is 11.8 Å². The number of carbonyl (C=O) groups excluding carboxylic acids is 2. The number of rotatable bonds is 7. The molecule has 0 heterocycles. The molecule has 3 aromatic rings. The van der Waals surface area contributed by atoms with Crippen LogP contribution in [0.15, 0.2) is 84.9 Å². The van der Waals surface area contributed by atoms with Gasteiger partial charge in [0.25, 0.3) is 5.91 Å². The molecule has 0 aliphatic heterocycles. The van der Waals surface area contributed by atoms with Gasteiger partial charge in [-0.2, -0.15) is 0 Å². The molecule has 3 rings (SSSR count). The minimum absolute atomic E-state index is 0.0415. The van der Waals surface area contributed by atoms with Gasteiger partial charge in [-0.3, -0.25) is 9.59 Å². The summed E-state index contributed by atoms with van der Waals surface area (Å²) in [5.74, 6) is -0.180. The van der Waals surface area contributed by atoms with Crippen LogP contribution in [0.25, 0.3) is 0 Å². The monoisotopic (exact) mass is 358 g/mol. The lowest BCUT2D eigenvalue weighted by Gasteiger charge is -2.08. The van der Waals surface area contributed by atoms with Crippen LogP contribution in [0.4, 0.5) is 5.69 Å². The predicted octanol–water partition coefficient (Wildman–Crippen LogP) is 4.19. The molecular weight excluding hydrogens is 336 g/mol. The molecule has 4 heteroatoms. The molecule has 0 unspecified atom stereocenters. The zero-order valence-electron chi connectivity index (χ0n) is 15.0. The smallest absolute Gasteiger partial charge is 0.251 e. The summed E-state index contributed by atoms with van der Waals surface area (Å²) in [4.78, 5) is 24.3. The first-order valence-corrected chi connectivity index (χ1v) is 8.97. The fraction of sp³-hybridized carbons (Fsp3) is 0.130. The van der Waals surface area contributed by atoms with Crippen LogP contribution >= 0.6 is 0 Å². The van der Waals surface area contributed by atoms with E-state index in [4.69, 9.17) is 0 Å². The van der Waals surface area contributed by atoms with Crippen molar-refractivity contribution in [1.82, 2.24) is 5.32 Å². The molecule has 0 saturated carbocycles. The lowest BCUT2D eigenvalue weighted by molar-refractivity contribution is -0.116. The zero-order chi connectivity index (χ0) is 18.9. The molecule has 0 spiro atoms. The Morgan fingerprint density at radius 3 is 1.93 bits per heavy atom. The highest BCUT2D eigenvalue weighted by Crippen LogP contribution is 2.11. The summed E-state index contributed by atoms with van der Waals surface area (Å²) < 4.78 is 0. The third-order valence-corrected chi connectivity index (χ3v) is 4.21. The number of hydrogen-bond acceptors (Lipinski definition) is 2. The van der Waals surface area contributed by atoms with Gasteiger partial charge < -0.3 is 10.6 Å². The quantitative estimate of drug-likeness (QED) is 0.665. The third-order valence-electron chi connectivity index (χ3n) is 4.21. The van der Waals surface area contributed by atoms with Gasteiger partial charge in [0.15, 0.2) is 0 Å². The number of hydrogen-bond donors (Lipinski definition) is 2. The Morgan fingerprint density at radius 1 is 0.704 bits per heavy atom. The summed E-state index contributed by atoms with van der Waals surface area (Å²) in [6.45, 7) is 0.484. The first kappa shape index (κ1) is 18.4. The Labute approximate surface area is 159 Å². The van der Waals surface area contributed by atoms with Crippen molar-refractivity contribution in [1.29, 1.82) is 0 Å². The van der Waals surface area contributed by atoms with Gasteiger partial charge >= 0.3 is 0 Å². The lowest BCUT2D eigenvalue weighted by Crippen LogP contribution is -2.22. The molecule has 0 aliphatic carbocycles. The van der Waals surface area contributed by atoms with E-state index in [2.05, 4.69) is 10.6 Å². The maximum Gasteiger partial charge on any atom is 0.251 e. The fourth-order valence-corrected chi connectivity index (χ4v) is 2.71. The SMILES string of the molecule is O=C(CCc1ccccc1)Nc1ccc(C(=O)NCc2ccccc2)cc1. The van der Waals surface area contributed by atoms with Crippen molar-refractivity contribution in [2.24, 2.45) is 0 Å². The maximum atomic E-state index is 12.2. The number of amides is 2. The van der Waals surface area contributed by atoms with E-state index in [0.717, 1.165) is 11.1 Å². The molecule has 0 bridgehead atoms. The number of anilines is 1. The largest absolute Gasteiger partial charge is 0.348 e. The summed E-state index contributed by atoms with van der Waals surface area (Å²) in [5, 5.41) is 5.75. The summed E-state index contributed by atoms with van der Waals surface area (Å²) in [7, 11) is 0. The second kappa shape index (κ2) is 9.34. The fourth-order valence-electron chi connectivity index (χ4n) is 2.71. The Balaban J connectivity index is 1.47. The van der Waals surface area contributed by atoms with Crippen molar-refractivity contribution in [2.45, 2.75) is 19.4 Å². The molecule has 0 aliphatic rings. The molecule has 0 fully saturated rings. The molecule has 4 nitrogen and oxygen atoms in total. The minimum Gasteiger partial charge on any atom is -0.348 e. The van der Waals surface area contributed by atoms with Crippen molar-refractivity contribution >= 4 is 17.5 Å². The topological polar surface area (TPSA) is 58.2 Å². The van der Waals surface area contributed by atoms with Gasteiger partial charge in [0.05, 0.1) is 0 Å². The molecule has 0 radical (unpaired) electrons. The molecule has 27 heavy (non-hydrogen) atoms. The van der Waals surface area contributed by atoms with Crippen LogP contribution in [0.1, 0.15) is 27.9 Å². The number of benzene rings is 3. The molecule has 0 saturated heterocycles. The highest BCUT2D eigenvalue weighted by molar-refractivity contribution is 5.95. The maximum absolute atomic E-state index is 12.2. The minimum atomic E-state index is -0.138. The Kier molecular flexibility index (Phi) is 6.36. The summed E-state index contributed by atoms with van der Waals surface area (Å²) in [6.07, 6.45) is 1.12. The van der Waals surface area contributed by atoms with Crippen LogP contribution in [-0.2, 0) is 17.8 Å². The Morgan fingerprint density at radius 2 is 1.30 bits per heavy atom. The van der Waals surface area contributed by atoms with Crippen LogP contribution in [0.5, 0.6) is 0 Å². The van der Waals surface area contributed by atoms with E-state index in [1.54, 1.807) is 24.3 Å². The zero-order valence-corrected chi connectivity index (χ0v) is 15.0. The van der Waals surface area contributed by atoms with Gasteiger partial charge in [-0.25, -0.2) is 0 Å². The first-order valence-electron chi connectivity index (χ1n) is 8.97. The molecule has 2 amide bonds.